The zero-order valence-electron chi connectivity index (χ0n) is 11.5. The van der Waals surface area contributed by atoms with Crippen molar-refractivity contribution in [2.45, 2.75) is 13.0 Å². The highest BCUT2D eigenvalue weighted by Gasteiger charge is 2.22. The normalized spacial score (nSPS) is 12.2. The predicted molar refractivity (Wildman–Crippen MR) is 82.7 cm³/mol. The zero-order valence-corrected chi connectivity index (χ0v) is 13.9. The van der Waals surface area contributed by atoms with Gasteiger partial charge in [0.05, 0.1) is 30.2 Å². The summed E-state index contributed by atoms with van der Waals surface area (Å²) in [6.45, 7) is 2.87. The Morgan fingerprint density at radius 2 is 2.20 bits per heavy atom. The van der Waals surface area contributed by atoms with Crippen LogP contribution in [0.2, 0.25) is 0 Å². The van der Waals surface area contributed by atoms with Gasteiger partial charge in [-0.25, -0.2) is 4.98 Å². The molecule has 7 heteroatoms. The molecule has 2 rings (SSSR count). The molecule has 5 nitrogen and oxygen atoms in total. The molecule has 0 fully saturated rings. The Bertz CT molecular complexity index is 576. The van der Waals surface area contributed by atoms with Gasteiger partial charge < -0.3 is 14.8 Å². The molecular formula is C13H16BrN3O2S. The summed E-state index contributed by atoms with van der Waals surface area (Å²) in [5.74, 6) is 0.907. The van der Waals surface area contributed by atoms with Gasteiger partial charge in [-0.15, -0.1) is 11.3 Å². The molecule has 108 valence electrons. The summed E-state index contributed by atoms with van der Waals surface area (Å²) in [5, 5.41) is 5.49. The molecule has 1 unspecified atom stereocenters. The van der Waals surface area contributed by atoms with Crippen LogP contribution >= 0.6 is 27.3 Å². The Morgan fingerprint density at radius 1 is 1.40 bits per heavy atom. The van der Waals surface area contributed by atoms with Gasteiger partial charge in [0.15, 0.2) is 0 Å². The lowest BCUT2D eigenvalue weighted by atomic mass is 10.1. The Balaban J connectivity index is 2.43. The first-order valence-electron chi connectivity index (χ1n) is 6.11. The molecule has 0 spiro atoms. The van der Waals surface area contributed by atoms with E-state index in [0.717, 1.165) is 21.6 Å². The van der Waals surface area contributed by atoms with Crippen LogP contribution in [0, 0.1) is 0 Å². The number of aromatic nitrogens is 2. The number of nitrogens with zero attached hydrogens (tertiary/aromatic N) is 2. The van der Waals surface area contributed by atoms with Crippen LogP contribution in [0.3, 0.4) is 0 Å². The third-order valence-corrected chi connectivity index (χ3v) is 4.27. The number of thiophene rings is 1. The fourth-order valence-corrected chi connectivity index (χ4v) is 3.07. The van der Waals surface area contributed by atoms with Crippen LogP contribution in [-0.2, 0) is 0 Å². The SMILES string of the molecule is CCNC(c1csc(Br)c1)c1ncc(OC)nc1OC. The topological polar surface area (TPSA) is 56.3 Å². The smallest absolute Gasteiger partial charge is 0.240 e. The van der Waals surface area contributed by atoms with Crippen molar-refractivity contribution in [1.82, 2.24) is 15.3 Å². The summed E-state index contributed by atoms with van der Waals surface area (Å²) < 4.78 is 11.5. The Hall–Kier alpha value is -1.18. The van der Waals surface area contributed by atoms with E-state index in [1.54, 1.807) is 31.8 Å². The molecule has 0 amide bonds. The highest BCUT2D eigenvalue weighted by molar-refractivity contribution is 9.11. The number of methoxy groups -OCH3 is 2. The zero-order chi connectivity index (χ0) is 14.5. The molecule has 1 atom stereocenters. The van der Waals surface area contributed by atoms with E-state index in [0.29, 0.717) is 11.8 Å². The maximum atomic E-state index is 5.34. The Labute approximate surface area is 130 Å². The fraction of sp³-hybridized carbons (Fsp3) is 0.385. The molecule has 0 aliphatic rings. The highest BCUT2D eigenvalue weighted by Crippen LogP contribution is 2.32. The first-order valence-corrected chi connectivity index (χ1v) is 7.79. The minimum Gasteiger partial charge on any atom is -0.480 e. The first-order chi connectivity index (χ1) is 9.69. The van der Waals surface area contributed by atoms with Gasteiger partial charge >= 0.3 is 0 Å². The van der Waals surface area contributed by atoms with E-state index in [2.05, 4.69) is 49.6 Å². The average molecular weight is 358 g/mol. The van der Waals surface area contributed by atoms with Crippen molar-refractivity contribution in [1.29, 1.82) is 0 Å². The van der Waals surface area contributed by atoms with Crippen molar-refractivity contribution in [3.63, 3.8) is 0 Å². The summed E-state index contributed by atoms with van der Waals surface area (Å²) in [6.07, 6.45) is 1.60. The summed E-state index contributed by atoms with van der Waals surface area (Å²) >= 11 is 5.12. The first kappa shape index (κ1) is 15.2. The van der Waals surface area contributed by atoms with Gasteiger partial charge in [0.25, 0.3) is 0 Å². The summed E-state index contributed by atoms with van der Waals surface area (Å²) in [4.78, 5) is 8.73. The molecule has 0 aromatic carbocycles. The quantitative estimate of drug-likeness (QED) is 0.860. The molecule has 2 aromatic heterocycles. The van der Waals surface area contributed by atoms with E-state index < -0.39 is 0 Å². The van der Waals surface area contributed by atoms with E-state index in [-0.39, 0.29) is 6.04 Å². The molecule has 0 saturated carbocycles. The predicted octanol–water partition coefficient (Wildman–Crippen LogP) is 3.02. The second kappa shape index (κ2) is 7.01. The van der Waals surface area contributed by atoms with Gasteiger partial charge in [0.2, 0.25) is 11.8 Å². The van der Waals surface area contributed by atoms with Crippen LogP contribution in [0.15, 0.2) is 21.4 Å². The molecule has 0 bridgehead atoms. The molecule has 1 N–H and O–H groups in total. The van der Waals surface area contributed by atoms with Gasteiger partial charge in [-0.1, -0.05) is 6.92 Å². The number of rotatable bonds is 6. The Kier molecular flexibility index (Phi) is 5.33. The number of nitrogens with one attached hydrogen (secondary N) is 1. The fourth-order valence-electron chi connectivity index (χ4n) is 1.86. The lowest BCUT2D eigenvalue weighted by Gasteiger charge is -2.18. The van der Waals surface area contributed by atoms with Gasteiger partial charge in [0, 0.05) is 0 Å². The van der Waals surface area contributed by atoms with Crippen molar-refractivity contribution in [3.05, 3.63) is 32.7 Å². The van der Waals surface area contributed by atoms with Crippen molar-refractivity contribution < 1.29 is 9.47 Å². The summed E-state index contributed by atoms with van der Waals surface area (Å²) in [6, 6.07) is 2.01. The van der Waals surface area contributed by atoms with Gasteiger partial charge in [0.1, 0.15) is 5.69 Å². The van der Waals surface area contributed by atoms with Crippen LogP contribution in [0.25, 0.3) is 0 Å². The van der Waals surface area contributed by atoms with E-state index in [9.17, 15) is 0 Å². The molecule has 0 saturated heterocycles. The lowest BCUT2D eigenvalue weighted by molar-refractivity contribution is 0.352. The molecule has 2 heterocycles. The Morgan fingerprint density at radius 3 is 2.75 bits per heavy atom. The summed E-state index contributed by atoms with van der Waals surface area (Å²) in [7, 11) is 3.14. The third kappa shape index (κ3) is 3.28. The van der Waals surface area contributed by atoms with E-state index in [1.165, 1.54) is 0 Å². The summed E-state index contributed by atoms with van der Waals surface area (Å²) in [5.41, 5.74) is 1.88. The second-order valence-corrected chi connectivity index (χ2v) is 6.27. The van der Waals surface area contributed by atoms with Gasteiger partial charge in [-0.3, -0.25) is 0 Å². The maximum absolute atomic E-state index is 5.34. The number of ether oxygens (including phenoxy) is 2. The minimum atomic E-state index is -0.0593. The monoisotopic (exact) mass is 357 g/mol. The molecule has 2 aromatic rings. The minimum absolute atomic E-state index is 0.0593. The van der Waals surface area contributed by atoms with E-state index in [4.69, 9.17) is 9.47 Å². The number of hydrogen-bond acceptors (Lipinski definition) is 6. The largest absolute Gasteiger partial charge is 0.480 e. The van der Waals surface area contributed by atoms with Crippen molar-refractivity contribution in [2.75, 3.05) is 20.8 Å². The molecule has 0 aliphatic carbocycles. The molecular weight excluding hydrogens is 342 g/mol. The maximum Gasteiger partial charge on any atom is 0.240 e. The second-order valence-electron chi connectivity index (χ2n) is 3.98. The standard InChI is InChI=1S/C13H16BrN3O2S/c1-4-15-11(8-5-9(14)20-7-8)12-13(19-3)17-10(18-2)6-16-12/h5-7,11,15H,4H2,1-3H3. The van der Waals surface area contributed by atoms with Crippen LogP contribution in [0.5, 0.6) is 11.8 Å². The van der Waals surface area contributed by atoms with E-state index >= 15 is 0 Å². The molecule has 0 aliphatic heterocycles. The number of halogens is 1. The van der Waals surface area contributed by atoms with Crippen molar-refractivity contribution >= 4 is 27.3 Å². The van der Waals surface area contributed by atoms with Gasteiger partial charge in [-0.2, -0.15) is 4.98 Å². The number of hydrogen-bond donors (Lipinski definition) is 1. The lowest BCUT2D eigenvalue weighted by Crippen LogP contribution is -2.23. The van der Waals surface area contributed by atoms with E-state index in [1.807, 2.05) is 0 Å². The van der Waals surface area contributed by atoms with Crippen LogP contribution < -0.4 is 14.8 Å². The molecule has 0 radical (unpaired) electrons. The third-order valence-electron chi connectivity index (χ3n) is 2.75. The highest BCUT2D eigenvalue weighted by atomic mass is 79.9. The van der Waals surface area contributed by atoms with Gasteiger partial charge in [-0.05, 0) is 39.5 Å². The van der Waals surface area contributed by atoms with Crippen LogP contribution in [0.4, 0.5) is 0 Å². The van der Waals surface area contributed by atoms with Crippen molar-refractivity contribution in [2.24, 2.45) is 0 Å². The molecule has 20 heavy (non-hydrogen) atoms. The van der Waals surface area contributed by atoms with Crippen LogP contribution in [0.1, 0.15) is 24.2 Å². The van der Waals surface area contributed by atoms with Crippen molar-refractivity contribution in [3.8, 4) is 11.8 Å². The van der Waals surface area contributed by atoms with Crippen LogP contribution in [-0.4, -0.2) is 30.7 Å². The average Bonchev–Trinajstić information content (AvgIpc) is 2.90.